The van der Waals surface area contributed by atoms with E-state index in [0.717, 1.165) is 13.1 Å². The van der Waals surface area contributed by atoms with Crippen molar-refractivity contribution in [1.29, 1.82) is 0 Å². The highest BCUT2D eigenvalue weighted by Crippen LogP contribution is 2.01. The number of rotatable bonds is 15. The molecule has 1 aliphatic heterocycles. The minimum absolute atomic E-state index is 0.103. The lowest BCUT2D eigenvalue weighted by molar-refractivity contribution is -0.140. The van der Waals surface area contributed by atoms with Crippen LogP contribution in [0, 0.1) is 0 Å². The van der Waals surface area contributed by atoms with E-state index in [4.69, 9.17) is 0 Å². The first-order chi connectivity index (χ1) is 17.6. The summed E-state index contributed by atoms with van der Waals surface area (Å²) in [6.45, 7) is 5.15. The Morgan fingerprint density at radius 3 is 1.22 bits per heavy atom. The van der Waals surface area contributed by atoms with E-state index in [-0.39, 0.29) is 32.1 Å². The summed E-state index contributed by atoms with van der Waals surface area (Å²) in [5.41, 5.74) is 0. The van der Waals surface area contributed by atoms with Gasteiger partial charge in [-0.1, -0.05) is 0 Å². The third-order valence-corrected chi connectivity index (χ3v) is 6.36. The molecule has 1 saturated heterocycles. The van der Waals surface area contributed by atoms with Crippen LogP contribution in [0.1, 0.15) is 0 Å². The van der Waals surface area contributed by atoms with E-state index in [0.29, 0.717) is 77.0 Å². The molecule has 0 spiro atoms. The number of thiol groups is 2. The van der Waals surface area contributed by atoms with Gasteiger partial charge in [0.15, 0.2) is 0 Å². The van der Waals surface area contributed by atoms with Gasteiger partial charge in [0.25, 0.3) is 0 Å². The van der Waals surface area contributed by atoms with Gasteiger partial charge in [-0.2, -0.15) is 25.3 Å². The molecule has 0 atom stereocenters. The second kappa shape index (κ2) is 19.4. The summed E-state index contributed by atoms with van der Waals surface area (Å²) < 4.78 is 0. The van der Waals surface area contributed by atoms with E-state index in [1.807, 2.05) is 4.90 Å². The Morgan fingerprint density at radius 1 is 0.595 bits per heavy atom. The molecular formula is C22H42N6O7S2. The van der Waals surface area contributed by atoms with Gasteiger partial charge in [-0.05, 0) is 0 Å². The van der Waals surface area contributed by atoms with Crippen molar-refractivity contribution in [2.24, 2.45) is 0 Å². The van der Waals surface area contributed by atoms with Crippen molar-refractivity contribution < 1.29 is 34.5 Å². The first kappa shape index (κ1) is 33.4. The van der Waals surface area contributed by atoms with Gasteiger partial charge < -0.3 is 20.6 Å². The van der Waals surface area contributed by atoms with E-state index < -0.39 is 17.9 Å². The number of amides is 1. The summed E-state index contributed by atoms with van der Waals surface area (Å²) in [6.07, 6.45) is 0. The van der Waals surface area contributed by atoms with Gasteiger partial charge in [0.05, 0.1) is 26.2 Å². The summed E-state index contributed by atoms with van der Waals surface area (Å²) in [5, 5.41) is 30.8. The lowest BCUT2D eigenvalue weighted by atomic mass is 10.3. The van der Waals surface area contributed by atoms with Crippen molar-refractivity contribution in [1.82, 2.24) is 29.8 Å². The Labute approximate surface area is 229 Å². The zero-order valence-electron chi connectivity index (χ0n) is 21.3. The molecule has 0 unspecified atom stereocenters. The normalized spacial score (nSPS) is 17.7. The van der Waals surface area contributed by atoms with E-state index in [9.17, 15) is 34.5 Å². The zero-order chi connectivity index (χ0) is 27.6. The van der Waals surface area contributed by atoms with Gasteiger partial charge in [0.2, 0.25) is 5.91 Å². The van der Waals surface area contributed by atoms with Gasteiger partial charge in [-0.25, -0.2) is 0 Å². The minimum Gasteiger partial charge on any atom is -0.480 e. The molecule has 0 aromatic rings. The van der Waals surface area contributed by atoms with Crippen LogP contribution in [-0.4, -0.2) is 180 Å². The van der Waals surface area contributed by atoms with Crippen LogP contribution in [-0.2, 0) is 19.2 Å². The second-order valence-electron chi connectivity index (χ2n) is 8.92. The highest BCUT2D eigenvalue weighted by molar-refractivity contribution is 7.80. The molecule has 0 bridgehead atoms. The second-order valence-corrected chi connectivity index (χ2v) is 9.82. The number of hydrogen-bond donors (Lipinski definition) is 6. The predicted molar refractivity (Wildman–Crippen MR) is 146 cm³/mol. The van der Waals surface area contributed by atoms with Crippen molar-refractivity contribution in [3.63, 3.8) is 0 Å². The lowest BCUT2D eigenvalue weighted by Gasteiger charge is -2.32. The molecular weight excluding hydrogens is 524 g/mol. The van der Waals surface area contributed by atoms with Crippen molar-refractivity contribution >= 4 is 49.1 Å². The minimum atomic E-state index is -1.00. The van der Waals surface area contributed by atoms with Crippen LogP contribution >= 0.6 is 25.3 Å². The molecule has 1 heterocycles. The van der Waals surface area contributed by atoms with E-state index in [1.54, 1.807) is 14.7 Å². The standard InChI is InChI=1S/C22H42N6O7S2/c29-19(23-1-2-24(11-13-36)12-14-37)15-25-3-5-26(16-20(30)31)7-9-28(18-22(34)35)10-8-27(6-4-25)17-21(32)33/h36-37H,1-18H2,(H,23,29)(H,30,31)(H,32,33)(H,34,35). The first-order valence-corrected chi connectivity index (χ1v) is 13.6. The van der Waals surface area contributed by atoms with Crippen LogP contribution < -0.4 is 5.32 Å². The number of hydrogen-bond acceptors (Lipinski definition) is 11. The summed E-state index contributed by atoms with van der Waals surface area (Å²) in [4.78, 5) is 55.9. The van der Waals surface area contributed by atoms with Crippen LogP contribution in [0.25, 0.3) is 0 Å². The van der Waals surface area contributed by atoms with E-state index >= 15 is 0 Å². The Bertz CT molecular complexity index is 683. The molecule has 0 saturated carbocycles. The Balaban J connectivity index is 2.83. The SMILES string of the molecule is O=C(O)CN1CCN(CC(=O)O)CCN(CC(=O)NCCN(CCS)CCS)CCN(CC(=O)O)CC1. The topological polar surface area (TPSA) is 157 Å². The van der Waals surface area contributed by atoms with Gasteiger partial charge in [0.1, 0.15) is 0 Å². The number of nitrogens with zero attached hydrogens (tertiary/aromatic N) is 5. The molecule has 0 aromatic carbocycles. The van der Waals surface area contributed by atoms with Gasteiger partial charge in [0, 0.05) is 90.0 Å². The van der Waals surface area contributed by atoms with Crippen LogP contribution in [0.2, 0.25) is 0 Å². The third-order valence-electron chi connectivity index (χ3n) is 5.96. The molecule has 0 aliphatic carbocycles. The molecule has 37 heavy (non-hydrogen) atoms. The fraction of sp³-hybridized carbons (Fsp3) is 0.818. The maximum Gasteiger partial charge on any atom is 0.317 e. The molecule has 214 valence electrons. The molecule has 1 fully saturated rings. The summed E-state index contributed by atoms with van der Waals surface area (Å²) >= 11 is 8.51. The third kappa shape index (κ3) is 16.8. The molecule has 15 heteroatoms. The van der Waals surface area contributed by atoms with Crippen LogP contribution in [0.5, 0.6) is 0 Å². The van der Waals surface area contributed by atoms with Crippen molar-refractivity contribution in [3.8, 4) is 0 Å². The Kier molecular flexibility index (Phi) is 17.6. The lowest BCUT2D eigenvalue weighted by Crippen LogP contribution is -2.50. The summed E-state index contributed by atoms with van der Waals surface area (Å²) in [5.74, 6) is -1.71. The molecule has 1 rings (SSSR count). The summed E-state index contributed by atoms with van der Waals surface area (Å²) in [7, 11) is 0. The number of carbonyl (C=O) groups excluding carboxylic acids is 1. The zero-order valence-corrected chi connectivity index (χ0v) is 23.1. The largest absolute Gasteiger partial charge is 0.480 e. The Hall–Kier alpha value is -1.62. The average Bonchev–Trinajstić information content (AvgIpc) is 2.80. The van der Waals surface area contributed by atoms with Crippen molar-refractivity contribution in [2.45, 2.75) is 0 Å². The maximum absolute atomic E-state index is 12.7. The molecule has 0 aromatic heterocycles. The van der Waals surface area contributed by atoms with E-state index in [2.05, 4.69) is 35.5 Å². The number of carbonyl (C=O) groups is 4. The molecule has 1 amide bonds. The number of aliphatic carboxylic acids is 3. The average molecular weight is 567 g/mol. The van der Waals surface area contributed by atoms with Crippen LogP contribution in [0.15, 0.2) is 0 Å². The first-order valence-electron chi connectivity index (χ1n) is 12.4. The van der Waals surface area contributed by atoms with Crippen molar-refractivity contribution in [2.75, 3.05) is 116 Å². The number of carboxylic acids is 3. The highest BCUT2D eigenvalue weighted by atomic mass is 32.1. The molecule has 1 aliphatic rings. The van der Waals surface area contributed by atoms with Crippen LogP contribution in [0.3, 0.4) is 0 Å². The summed E-state index contributed by atoms with van der Waals surface area (Å²) in [6, 6.07) is 0. The molecule has 13 nitrogen and oxygen atoms in total. The quantitative estimate of drug-likeness (QED) is 0.118. The fourth-order valence-corrected chi connectivity index (χ4v) is 4.58. The van der Waals surface area contributed by atoms with Gasteiger partial charge >= 0.3 is 17.9 Å². The van der Waals surface area contributed by atoms with Gasteiger partial charge in [-0.3, -0.25) is 43.7 Å². The fourth-order valence-electron chi connectivity index (χ4n) is 4.02. The number of carboxylic acid groups (broad SMARTS) is 3. The Morgan fingerprint density at radius 2 is 0.919 bits per heavy atom. The molecule has 4 N–H and O–H groups in total. The smallest absolute Gasteiger partial charge is 0.317 e. The monoisotopic (exact) mass is 566 g/mol. The van der Waals surface area contributed by atoms with Crippen molar-refractivity contribution in [3.05, 3.63) is 0 Å². The number of nitrogens with one attached hydrogen (secondary N) is 1. The van der Waals surface area contributed by atoms with Gasteiger partial charge in [-0.15, -0.1) is 0 Å². The maximum atomic E-state index is 12.7. The highest BCUT2D eigenvalue weighted by Gasteiger charge is 2.21. The molecule has 0 radical (unpaired) electrons. The van der Waals surface area contributed by atoms with E-state index in [1.165, 1.54) is 0 Å². The van der Waals surface area contributed by atoms with Crippen LogP contribution in [0.4, 0.5) is 0 Å². The predicted octanol–water partition coefficient (Wildman–Crippen LogP) is -2.26.